The zero-order valence-corrected chi connectivity index (χ0v) is 13.1. The van der Waals surface area contributed by atoms with E-state index in [0.717, 1.165) is 4.90 Å². The lowest BCUT2D eigenvalue weighted by Crippen LogP contribution is -2.63. The maximum atomic E-state index is 14.7. The number of nitrogens with one attached hydrogen (secondary N) is 1. The second kappa shape index (κ2) is 7.06. The number of halogens is 1. The molecule has 21 heavy (non-hydrogen) atoms. The number of esters is 1. The van der Waals surface area contributed by atoms with E-state index in [1.165, 1.54) is 0 Å². The summed E-state index contributed by atoms with van der Waals surface area (Å²) in [7, 11) is 0. The molecule has 0 aliphatic carbocycles. The van der Waals surface area contributed by atoms with Crippen LogP contribution < -0.4 is 5.32 Å². The fourth-order valence-electron chi connectivity index (χ4n) is 2.77. The van der Waals surface area contributed by atoms with Crippen LogP contribution >= 0.6 is 0 Å². The summed E-state index contributed by atoms with van der Waals surface area (Å²) in [5.74, 6) is -0.433. The fourth-order valence-corrected chi connectivity index (χ4v) is 2.77. The van der Waals surface area contributed by atoms with Gasteiger partial charge in [0.1, 0.15) is 6.17 Å². The van der Waals surface area contributed by atoms with Crippen LogP contribution in [0, 0.1) is 5.41 Å². The number of hydrogen-bond donors (Lipinski definition) is 2. The lowest BCUT2D eigenvalue weighted by Gasteiger charge is -2.46. The number of carboxylic acid groups (broad SMARTS) is 1. The quantitative estimate of drug-likeness (QED) is 0.772. The van der Waals surface area contributed by atoms with Crippen molar-refractivity contribution < 1.29 is 23.8 Å². The van der Waals surface area contributed by atoms with Crippen molar-refractivity contribution in [3.8, 4) is 0 Å². The molecule has 3 atom stereocenters. The summed E-state index contributed by atoms with van der Waals surface area (Å²) in [6, 6.07) is -1.29. The number of hydrogen-bond acceptors (Lipinski definition) is 4. The molecule has 1 saturated heterocycles. The summed E-state index contributed by atoms with van der Waals surface area (Å²) in [4.78, 5) is 23.8. The Balaban J connectivity index is 2.74. The molecule has 1 unspecified atom stereocenters. The number of alkyl halides is 1. The first-order valence-electron chi connectivity index (χ1n) is 7.21. The van der Waals surface area contributed by atoms with Gasteiger partial charge in [0.15, 0.2) is 0 Å². The summed E-state index contributed by atoms with van der Waals surface area (Å²) < 4.78 is 19.5. The van der Waals surface area contributed by atoms with Crippen molar-refractivity contribution in [1.29, 1.82) is 0 Å². The SMILES string of the molecule is CCOC(=O)CN[C@@H]1CCN(C(=O)O)C(C(C)(C)C)[C@H]1F. The van der Waals surface area contributed by atoms with Crippen LogP contribution in [0.1, 0.15) is 34.1 Å². The highest BCUT2D eigenvalue weighted by Crippen LogP contribution is 2.34. The van der Waals surface area contributed by atoms with Gasteiger partial charge in [0.05, 0.1) is 19.2 Å². The molecule has 1 rings (SSSR count). The number of carbonyl (C=O) groups excluding carboxylic acids is 1. The molecule has 1 heterocycles. The number of rotatable bonds is 4. The van der Waals surface area contributed by atoms with Crippen molar-refractivity contribution in [3.05, 3.63) is 0 Å². The minimum atomic E-state index is -1.37. The van der Waals surface area contributed by atoms with E-state index >= 15 is 0 Å². The molecule has 1 amide bonds. The molecule has 0 bridgehead atoms. The molecule has 0 aromatic heterocycles. The van der Waals surface area contributed by atoms with Gasteiger partial charge < -0.3 is 20.1 Å². The lowest BCUT2D eigenvalue weighted by molar-refractivity contribution is -0.142. The van der Waals surface area contributed by atoms with E-state index < -0.39 is 35.7 Å². The Hall–Kier alpha value is -1.37. The highest BCUT2D eigenvalue weighted by atomic mass is 19.1. The largest absolute Gasteiger partial charge is 0.465 e. The van der Waals surface area contributed by atoms with Gasteiger partial charge in [-0.3, -0.25) is 4.79 Å². The van der Waals surface area contributed by atoms with E-state index in [4.69, 9.17) is 4.74 Å². The van der Waals surface area contributed by atoms with Crippen LogP contribution in [0.4, 0.5) is 9.18 Å². The molecular formula is C14H25FN2O4. The number of carbonyl (C=O) groups is 2. The third kappa shape index (κ3) is 4.56. The summed E-state index contributed by atoms with van der Waals surface area (Å²) in [6.07, 6.45) is -2.15. The summed E-state index contributed by atoms with van der Waals surface area (Å²) in [5.41, 5.74) is -0.526. The van der Waals surface area contributed by atoms with E-state index in [0.29, 0.717) is 6.42 Å². The van der Waals surface area contributed by atoms with E-state index in [2.05, 4.69) is 5.32 Å². The maximum Gasteiger partial charge on any atom is 0.407 e. The molecule has 0 saturated carbocycles. The Morgan fingerprint density at radius 3 is 2.52 bits per heavy atom. The molecule has 0 aromatic carbocycles. The molecule has 2 N–H and O–H groups in total. The van der Waals surface area contributed by atoms with E-state index in [-0.39, 0.29) is 19.7 Å². The van der Waals surface area contributed by atoms with Gasteiger partial charge in [0.2, 0.25) is 0 Å². The smallest absolute Gasteiger partial charge is 0.407 e. The predicted molar refractivity (Wildman–Crippen MR) is 75.9 cm³/mol. The predicted octanol–water partition coefficient (Wildman–Crippen LogP) is 1.64. The van der Waals surface area contributed by atoms with Gasteiger partial charge in [-0.15, -0.1) is 0 Å². The molecule has 6 nitrogen and oxygen atoms in total. The number of nitrogens with zero attached hydrogens (tertiary/aromatic N) is 1. The summed E-state index contributed by atoms with van der Waals surface area (Å²) in [6.45, 7) is 7.61. The van der Waals surface area contributed by atoms with Crippen LogP contribution in [0.3, 0.4) is 0 Å². The van der Waals surface area contributed by atoms with Crippen molar-refractivity contribution in [2.75, 3.05) is 19.7 Å². The van der Waals surface area contributed by atoms with Gasteiger partial charge >= 0.3 is 12.1 Å². The van der Waals surface area contributed by atoms with Crippen molar-refractivity contribution in [2.45, 2.75) is 52.4 Å². The Morgan fingerprint density at radius 2 is 2.05 bits per heavy atom. The second-order valence-electron chi connectivity index (χ2n) is 6.31. The third-order valence-corrected chi connectivity index (χ3v) is 3.65. The van der Waals surface area contributed by atoms with Gasteiger partial charge in [0.25, 0.3) is 0 Å². The molecule has 1 aliphatic rings. The number of piperidine rings is 1. The van der Waals surface area contributed by atoms with Crippen molar-refractivity contribution >= 4 is 12.1 Å². The molecule has 0 aromatic rings. The molecule has 0 spiro atoms. The monoisotopic (exact) mass is 304 g/mol. The van der Waals surface area contributed by atoms with Crippen molar-refractivity contribution in [1.82, 2.24) is 10.2 Å². The Kier molecular flexibility index (Phi) is 5.95. The van der Waals surface area contributed by atoms with Crippen molar-refractivity contribution in [2.24, 2.45) is 5.41 Å². The molecule has 7 heteroatoms. The van der Waals surface area contributed by atoms with E-state index in [1.54, 1.807) is 6.92 Å². The topological polar surface area (TPSA) is 78.9 Å². The highest BCUT2D eigenvalue weighted by Gasteiger charge is 2.46. The minimum Gasteiger partial charge on any atom is -0.465 e. The van der Waals surface area contributed by atoms with Crippen molar-refractivity contribution in [3.63, 3.8) is 0 Å². The Labute approximate surface area is 124 Å². The highest BCUT2D eigenvalue weighted by molar-refractivity contribution is 5.71. The molecule has 1 aliphatic heterocycles. The standard InChI is InChI=1S/C14H25FN2O4/c1-5-21-10(18)8-16-9-6-7-17(13(19)20)12(11(9)15)14(2,3)4/h9,11-12,16H,5-8H2,1-4H3,(H,19,20)/t9-,11+,12?/m1/s1. The Bertz CT molecular complexity index is 384. The average molecular weight is 304 g/mol. The molecule has 1 fully saturated rings. The molecule has 0 radical (unpaired) electrons. The van der Waals surface area contributed by atoms with Gasteiger partial charge in [-0.2, -0.15) is 0 Å². The van der Waals surface area contributed by atoms with Gasteiger partial charge in [0, 0.05) is 12.6 Å². The first kappa shape index (κ1) is 17.7. The number of ether oxygens (including phenoxy) is 1. The summed E-state index contributed by atoms with van der Waals surface area (Å²) in [5, 5.41) is 12.1. The normalized spacial score (nSPS) is 26.5. The molecule has 122 valence electrons. The zero-order valence-electron chi connectivity index (χ0n) is 13.1. The van der Waals surface area contributed by atoms with E-state index in [1.807, 2.05) is 20.8 Å². The fraction of sp³-hybridized carbons (Fsp3) is 0.857. The Morgan fingerprint density at radius 1 is 1.43 bits per heavy atom. The number of likely N-dealkylation sites (tertiary alicyclic amines) is 1. The maximum absolute atomic E-state index is 14.7. The number of amides is 1. The third-order valence-electron chi connectivity index (χ3n) is 3.65. The minimum absolute atomic E-state index is 0.0666. The first-order chi connectivity index (χ1) is 9.68. The summed E-state index contributed by atoms with van der Waals surface area (Å²) >= 11 is 0. The van der Waals surface area contributed by atoms with Crippen LogP contribution in [-0.2, 0) is 9.53 Å². The van der Waals surface area contributed by atoms with Gasteiger partial charge in [-0.25, -0.2) is 9.18 Å². The van der Waals surface area contributed by atoms with Crippen LogP contribution in [0.2, 0.25) is 0 Å². The van der Waals surface area contributed by atoms with Crippen LogP contribution in [0.25, 0.3) is 0 Å². The lowest BCUT2D eigenvalue weighted by atomic mass is 9.78. The van der Waals surface area contributed by atoms with Crippen LogP contribution in [-0.4, -0.2) is 60.0 Å². The van der Waals surface area contributed by atoms with Crippen LogP contribution in [0.15, 0.2) is 0 Å². The van der Waals surface area contributed by atoms with Gasteiger partial charge in [-0.05, 0) is 18.8 Å². The zero-order chi connectivity index (χ0) is 16.2. The molecular weight excluding hydrogens is 279 g/mol. The second-order valence-corrected chi connectivity index (χ2v) is 6.31. The van der Waals surface area contributed by atoms with Crippen LogP contribution in [0.5, 0.6) is 0 Å². The average Bonchev–Trinajstić information content (AvgIpc) is 2.35. The van der Waals surface area contributed by atoms with E-state index in [9.17, 15) is 19.1 Å². The van der Waals surface area contributed by atoms with Gasteiger partial charge in [-0.1, -0.05) is 20.8 Å². The first-order valence-corrected chi connectivity index (χ1v) is 7.21.